The van der Waals surface area contributed by atoms with E-state index in [4.69, 9.17) is 0 Å². The lowest BCUT2D eigenvalue weighted by Crippen LogP contribution is -2.32. The Labute approximate surface area is 117 Å². The van der Waals surface area contributed by atoms with Crippen molar-refractivity contribution in [2.75, 3.05) is 5.32 Å². The first-order chi connectivity index (χ1) is 9.66. The van der Waals surface area contributed by atoms with E-state index in [0.29, 0.717) is 11.3 Å². The van der Waals surface area contributed by atoms with Crippen LogP contribution in [0.15, 0.2) is 60.7 Å². The zero-order valence-corrected chi connectivity index (χ0v) is 10.8. The van der Waals surface area contributed by atoms with E-state index in [2.05, 4.69) is 5.32 Å². The number of carboxylic acids is 1. The van der Waals surface area contributed by atoms with Crippen LogP contribution < -0.4 is 10.4 Å². The van der Waals surface area contributed by atoms with E-state index in [1.165, 1.54) is 0 Å². The van der Waals surface area contributed by atoms with Crippen molar-refractivity contribution < 1.29 is 14.7 Å². The van der Waals surface area contributed by atoms with Gasteiger partial charge in [-0.2, -0.15) is 0 Å². The summed E-state index contributed by atoms with van der Waals surface area (Å²) in [5, 5.41) is 13.9. The minimum Gasteiger partial charge on any atom is -0.549 e. The highest BCUT2D eigenvalue weighted by atomic mass is 16.4. The zero-order chi connectivity index (χ0) is 14.4. The van der Waals surface area contributed by atoms with Crippen LogP contribution in [0, 0.1) is 0 Å². The largest absolute Gasteiger partial charge is 0.549 e. The quantitative estimate of drug-likeness (QED) is 0.894. The van der Waals surface area contributed by atoms with Gasteiger partial charge in [0.1, 0.15) is 0 Å². The molecule has 1 amide bonds. The number of aliphatic carboxylic acids is 1. The lowest BCUT2D eigenvalue weighted by atomic mass is 9.95. The molecular weight excluding hydrogens is 254 g/mol. The van der Waals surface area contributed by atoms with Gasteiger partial charge in [0.05, 0.1) is 0 Å². The van der Waals surface area contributed by atoms with Crippen LogP contribution in [0.3, 0.4) is 0 Å². The number of carbonyl (C=O) groups excluding carboxylic acids is 2. The number of rotatable bonds is 5. The molecule has 2 aromatic carbocycles. The highest BCUT2D eigenvalue weighted by molar-refractivity contribution is 5.94. The van der Waals surface area contributed by atoms with E-state index in [1.54, 1.807) is 54.6 Å². The van der Waals surface area contributed by atoms with Crippen LogP contribution in [0.2, 0.25) is 0 Å². The van der Waals surface area contributed by atoms with E-state index in [0.717, 1.165) is 0 Å². The van der Waals surface area contributed by atoms with Crippen molar-refractivity contribution in [3.8, 4) is 0 Å². The van der Waals surface area contributed by atoms with Gasteiger partial charge < -0.3 is 15.2 Å². The van der Waals surface area contributed by atoms with Crippen LogP contribution in [0.4, 0.5) is 5.69 Å². The molecular formula is C16H14NO3-. The molecule has 0 heterocycles. The van der Waals surface area contributed by atoms with Crippen molar-refractivity contribution >= 4 is 17.6 Å². The molecule has 0 bridgehead atoms. The average molecular weight is 268 g/mol. The summed E-state index contributed by atoms with van der Waals surface area (Å²) in [6, 6.07) is 17.5. The number of hydrogen-bond donors (Lipinski definition) is 1. The average Bonchev–Trinajstić information content (AvgIpc) is 2.46. The minimum absolute atomic E-state index is 0.152. The number of carbonyl (C=O) groups is 2. The fourth-order valence-corrected chi connectivity index (χ4v) is 1.94. The number of para-hydroxylation sites is 1. The SMILES string of the molecule is O=C(C[C@H](C(=O)[O-])c1ccccc1)Nc1ccccc1. The van der Waals surface area contributed by atoms with E-state index in [1.807, 2.05) is 6.07 Å². The molecule has 0 unspecified atom stereocenters. The van der Waals surface area contributed by atoms with Gasteiger partial charge in [-0.25, -0.2) is 0 Å². The monoisotopic (exact) mass is 268 g/mol. The van der Waals surface area contributed by atoms with Gasteiger partial charge >= 0.3 is 0 Å². The molecule has 102 valence electrons. The molecule has 0 saturated carbocycles. The molecule has 4 heteroatoms. The maximum atomic E-state index is 11.9. The first-order valence-electron chi connectivity index (χ1n) is 6.27. The summed E-state index contributed by atoms with van der Waals surface area (Å²) in [6.07, 6.45) is -0.152. The molecule has 0 radical (unpaired) electrons. The highest BCUT2D eigenvalue weighted by Crippen LogP contribution is 2.19. The predicted octanol–water partition coefficient (Wildman–Crippen LogP) is 1.55. The smallest absolute Gasteiger partial charge is 0.225 e. The molecule has 2 rings (SSSR count). The molecule has 0 aliphatic rings. The fraction of sp³-hybridized carbons (Fsp3) is 0.125. The first-order valence-corrected chi connectivity index (χ1v) is 6.27. The van der Waals surface area contributed by atoms with E-state index < -0.39 is 11.9 Å². The van der Waals surface area contributed by atoms with E-state index >= 15 is 0 Å². The molecule has 0 saturated heterocycles. The number of nitrogens with one attached hydrogen (secondary N) is 1. The molecule has 0 aromatic heterocycles. The Balaban J connectivity index is 2.06. The summed E-state index contributed by atoms with van der Waals surface area (Å²) in [5.41, 5.74) is 1.21. The minimum atomic E-state index is -1.25. The van der Waals surface area contributed by atoms with E-state index in [9.17, 15) is 14.7 Å². The summed E-state index contributed by atoms with van der Waals surface area (Å²) < 4.78 is 0. The first kappa shape index (κ1) is 13.8. The fourth-order valence-electron chi connectivity index (χ4n) is 1.94. The normalized spacial score (nSPS) is 11.6. The van der Waals surface area contributed by atoms with Crippen LogP contribution >= 0.6 is 0 Å². The highest BCUT2D eigenvalue weighted by Gasteiger charge is 2.17. The lowest BCUT2D eigenvalue weighted by Gasteiger charge is -2.18. The number of benzene rings is 2. The predicted molar refractivity (Wildman–Crippen MR) is 73.9 cm³/mol. The van der Waals surface area contributed by atoms with Crippen LogP contribution in [-0.2, 0) is 9.59 Å². The van der Waals surface area contributed by atoms with Crippen molar-refractivity contribution in [2.24, 2.45) is 0 Å². The second kappa shape index (κ2) is 6.52. The van der Waals surface area contributed by atoms with Crippen LogP contribution in [0.25, 0.3) is 0 Å². The van der Waals surface area contributed by atoms with Crippen LogP contribution in [-0.4, -0.2) is 11.9 Å². The van der Waals surface area contributed by atoms with Crippen molar-refractivity contribution in [1.82, 2.24) is 0 Å². The Hall–Kier alpha value is -2.62. The van der Waals surface area contributed by atoms with Gasteiger partial charge in [-0.1, -0.05) is 48.5 Å². The maximum Gasteiger partial charge on any atom is 0.225 e. The molecule has 1 atom stereocenters. The van der Waals surface area contributed by atoms with Crippen molar-refractivity contribution in [2.45, 2.75) is 12.3 Å². The van der Waals surface area contributed by atoms with Gasteiger partial charge in [0.15, 0.2) is 0 Å². The number of anilines is 1. The Morgan fingerprint density at radius 1 is 0.950 bits per heavy atom. The summed E-state index contributed by atoms with van der Waals surface area (Å²) in [7, 11) is 0. The number of amides is 1. The zero-order valence-electron chi connectivity index (χ0n) is 10.8. The lowest BCUT2D eigenvalue weighted by molar-refractivity contribution is -0.308. The summed E-state index contributed by atoms with van der Waals surface area (Å²) in [6.45, 7) is 0. The summed E-state index contributed by atoms with van der Waals surface area (Å²) >= 11 is 0. The third-order valence-corrected chi connectivity index (χ3v) is 2.93. The summed E-state index contributed by atoms with van der Waals surface area (Å²) in [5.74, 6) is -2.55. The Morgan fingerprint density at radius 3 is 2.05 bits per heavy atom. The van der Waals surface area contributed by atoms with Crippen molar-refractivity contribution in [1.29, 1.82) is 0 Å². The summed E-state index contributed by atoms with van der Waals surface area (Å²) in [4.78, 5) is 23.1. The molecule has 0 spiro atoms. The van der Waals surface area contributed by atoms with Gasteiger partial charge in [-0.05, 0) is 17.7 Å². The van der Waals surface area contributed by atoms with Gasteiger partial charge in [-0.3, -0.25) is 4.79 Å². The van der Waals surface area contributed by atoms with Gasteiger partial charge in [0, 0.05) is 24.0 Å². The van der Waals surface area contributed by atoms with Crippen molar-refractivity contribution in [3.05, 3.63) is 66.2 Å². The second-order valence-electron chi connectivity index (χ2n) is 4.40. The van der Waals surface area contributed by atoms with Crippen molar-refractivity contribution in [3.63, 3.8) is 0 Å². The second-order valence-corrected chi connectivity index (χ2v) is 4.40. The van der Waals surface area contributed by atoms with Gasteiger partial charge in [0.2, 0.25) is 5.91 Å². The third-order valence-electron chi connectivity index (χ3n) is 2.93. The van der Waals surface area contributed by atoms with Gasteiger partial charge in [0.25, 0.3) is 0 Å². The molecule has 0 aliphatic carbocycles. The third kappa shape index (κ3) is 3.68. The van der Waals surface area contributed by atoms with Crippen LogP contribution in [0.1, 0.15) is 17.9 Å². The molecule has 0 aliphatic heterocycles. The molecule has 2 aromatic rings. The molecule has 4 nitrogen and oxygen atoms in total. The van der Waals surface area contributed by atoms with Crippen LogP contribution in [0.5, 0.6) is 0 Å². The Morgan fingerprint density at radius 2 is 1.50 bits per heavy atom. The van der Waals surface area contributed by atoms with Gasteiger partial charge in [-0.15, -0.1) is 0 Å². The standard InChI is InChI=1S/C16H15NO3/c18-15(17-13-9-5-2-6-10-13)11-14(16(19)20)12-7-3-1-4-8-12/h1-10,14H,11H2,(H,17,18)(H,19,20)/p-1/t14-/m0/s1. The Kier molecular flexibility index (Phi) is 4.50. The number of hydrogen-bond acceptors (Lipinski definition) is 3. The number of carboxylic acid groups (broad SMARTS) is 1. The van der Waals surface area contributed by atoms with E-state index in [-0.39, 0.29) is 12.3 Å². The maximum absolute atomic E-state index is 11.9. The Bertz CT molecular complexity index is 581. The molecule has 20 heavy (non-hydrogen) atoms. The molecule has 0 fully saturated rings. The molecule has 1 N–H and O–H groups in total. The topological polar surface area (TPSA) is 69.2 Å².